The zero-order chi connectivity index (χ0) is 15.6. The van der Waals surface area contributed by atoms with E-state index in [0.29, 0.717) is 0 Å². The molecule has 2 rings (SSSR count). The van der Waals surface area contributed by atoms with Crippen molar-refractivity contribution in [3.8, 4) is 0 Å². The maximum absolute atomic E-state index is 10.9. The lowest BCUT2D eigenvalue weighted by Crippen LogP contribution is -2.36. The van der Waals surface area contributed by atoms with Crippen molar-refractivity contribution in [2.75, 3.05) is 17.7 Å². The van der Waals surface area contributed by atoms with Gasteiger partial charge in [0.2, 0.25) is 11.6 Å². The van der Waals surface area contributed by atoms with Crippen molar-refractivity contribution in [2.24, 2.45) is 0 Å². The van der Waals surface area contributed by atoms with Crippen molar-refractivity contribution in [2.45, 2.75) is 31.0 Å². The summed E-state index contributed by atoms with van der Waals surface area (Å²) in [5.74, 6) is -0.564. The molecule has 1 aliphatic rings. The van der Waals surface area contributed by atoms with Crippen LogP contribution >= 0.6 is 0 Å². The van der Waals surface area contributed by atoms with Crippen LogP contribution in [-0.4, -0.2) is 61.4 Å². The second-order valence-electron chi connectivity index (χ2n) is 4.45. The zero-order valence-electron chi connectivity index (χ0n) is 10.8. The Balaban J connectivity index is 2.19. The summed E-state index contributed by atoms with van der Waals surface area (Å²) >= 11 is 0. The number of ether oxygens (including phenoxy) is 1. The molecule has 0 saturated carbocycles. The van der Waals surface area contributed by atoms with Gasteiger partial charge in [-0.15, -0.1) is 0 Å². The number of aliphatic hydroxyl groups excluding tert-OH is 3. The summed E-state index contributed by atoms with van der Waals surface area (Å²) in [5.41, 5.74) is 4.87. The molecule has 0 aromatic carbocycles. The normalized spacial score (nSPS) is 28.5. The van der Waals surface area contributed by atoms with Gasteiger partial charge in [0, 0.05) is 6.61 Å². The first-order valence-corrected chi connectivity index (χ1v) is 6.09. The van der Waals surface area contributed by atoms with E-state index in [9.17, 15) is 20.3 Å². The Kier molecular flexibility index (Phi) is 4.47. The molecule has 0 unspecified atom stereocenters. The van der Waals surface area contributed by atoms with E-state index < -0.39 is 35.2 Å². The fourth-order valence-corrected chi connectivity index (χ4v) is 2.05. The van der Waals surface area contributed by atoms with Crippen LogP contribution in [0, 0.1) is 10.1 Å². The van der Waals surface area contributed by atoms with Gasteiger partial charge in [-0.1, -0.05) is 0 Å². The molecule has 1 aromatic rings. The number of nitrogens with one attached hydrogen (secondary N) is 1. The van der Waals surface area contributed by atoms with Crippen LogP contribution in [0.5, 0.6) is 0 Å². The van der Waals surface area contributed by atoms with Crippen molar-refractivity contribution in [1.82, 2.24) is 9.97 Å². The van der Waals surface area contributed by atoms with Crippen LogP contribution in [0.1, 0.15) is 6.42 Å². The number of hydrogen-bond acceptors (Lipinski definition) is 10. The van der Waals surface area contributed by atoms with Crippen LogP contribution in [0.4, 0.5) is 17.3 Å². The topological polar surface area (TPSA) is 177 Å². The second-order valence-corrected chi connectivity index (χ2v) is 4.45. The molecule has 0 amide bonds. The monoisotopic (exact) mass is 301 g/mol. The lowest BCUT2D eigenvalue weighted by molar-refractivity contribution is -0.383. The summed E-state index contributed by atoms with van der Waals surface area (Å²) in [6.45, 7) is -0.234. The van der Waals surface area contributed by atoms with Crippen molar-refractivity contribution >= 4 is 17.3 Å². The minimum absolute atomic E-state index is 0.115. The van der Waals surface area contributed by atoms with Crippen molar-refractivity contribution < 1.29 is 25.0 Å². The smallest absolute Gasteiger partial charge is 0.353 e. The van der Waals surface area contributed by atoms with E-state index >= 15 is 0 Å². The fourth-order valence-electron chi connectivity index (χ4n) is 2.05. The minimum atomic E-state index is -1.34. The summed E-state index contributed by atoms with van der Waals surface area (Å²) in [7, 11) is 0. The Morgan fingerprint density at radius 1 is 1.43 bits per heavy atom. The highest BCUT2D eigenvalue weighted by Gasteiger charge is 2.43. The molecule has 1 aromatic heterocycles. The molecule has 6 N–H and O–H groups in total. The van der Waals surface area contributed by atoms with Gasteiger partial charge in [0.1, 0.15) is 18.5 Å². The Morgan fingerprint density at radius 2 is 2.14 bits per heavy atom. The molecule has 0 bridgehead atoms. The van der Waals surface area contributed by atoms with E-state index in [4.69, 9.17) is 15.6 Å². The molecule has 2 heterocycles. The first-order valence-electron chi connectivity index (χ1n) is 6.09. The number of anilines is 2. The number of nitrogens with two attached hydrogens (primary N) is 1. The van der Waals surface area contributed by atoms with Crippen molar-refractivity contribution in [1.29, 1.82) is 0 Å². The maximum Gasteiger partial charge on any atom is 0.353 e. The van der Waals surface area contributed by atoms with Gasteiger partial charge < -0.3 is 31.1 Å². The fraction of sp³-hybridized carbons (Fsp3) is 0.600. The van der Waals surface area contributed by atoms with Crippen LogP contribution in [0.25, 0.3) is 0 Å². The molecule has 11 heteroatoms. The highest BCUT2D eigenvalue weighted by molar-refractivity contribution is 5.67. The van der Waals surface area contributed by atoms with E-state index in [1.807, 2.05) is 0 Å². The molecule has 0 radical (unpaired) electrons. The Labute approximate surface area is 118 Å². The molecule has 1 aliphatic heterocycles. The molecule has 0 aliphatic carbocycles. The largest absolute Gasteiger partial charge is 0.396 e. The van der Waals surface area contributed by atoms with Crippen LogP contribution in [0.2, 0.25) is 0 Å². The molecular formula is C10H15N5O6. The quantitative estimate of drug-likeness (QED) is 0.308. The van der Waals surface area contributed by atoms with E-state index in [1.165, 1.54) is 0 Å². The number of nitrogens with zero attached hydrogens (tertiary/aromatic N) is 3. The lowest BCUT2D eigenvalue weighted by atomic mass is 10.1. The summed E-state index contributed by atoms with van der Waals surface area (Å²) < 4.78 is 5.31. The lowest BCUT2D eigenvalue weighted by Gasteiger charge is -2.16. The molecule has 1 saturated heterocycles. The molecule has 116 valence electrons. The number of hydrogen-bond donors (Lipinski definition) is 5. The molecule has 21 heavy (non-hydrogen) atoms. The van der Waals surface area contributed by atoms with E-state index in [1.54, 1.807) is 0 Å². The van der Waals surface area contributed by atoms with Gasteiger partial charge in [-0.25, -0.2) is 9.97 Å². The predicted molar refractivity (Wildman–Crippen MR) is 69.1 cm³/mol. The third-order valence-corrected chi connectivity index (χ3v) is 3.09. The van der Waals surface area contributed by atoms with Crippen LogP contribution in [0.15, 0.2) is 6.33 Å². The minimum Gasteiger partial charge on any atom is -0.396 e. The van der Waals surface area contributed by atoms with Crippen molar-refractivity contribution in [3.63, 3.8) is 0 Å². The molecule has 11 nitrogen and oxygen atoms in total. The van der Waals surface area contributed by atoms with Gasteiger partial charge >= 0.3 is 5.69 Å². The first-order chi connectivity index (χ1) is 9.95. The molecule has 1 fully saturated rings. The number of aliphatic hydroxyl groups is 3. The number of rotatable bonds is 5. The summed E-state index contributed by atoms with van der Waals surface area (Å²) in [6.07, 6.45) is -3.34. The molecular weight excluding hydrogens is 286 g/mol. The third kappa shape index (κ3) is 3.00. The number of aromatic nitrogens is 2. The van der Waals surface area contributed by atoms with Crippen LogP contribution in [-0.2, 0) is 4.74 Å². The van der Waals surface area contributed by atoms with Gasteiger partial charge in [0.15, 0.2) is 6.23 Å². The SMILES string of the molecule is Nc1ncnc(N[C@@H]2O[C@H](CCO)[C@@H](O)[C@H]2O)c1[N+](=O)[O-]. The Morgan fingerprint density at radius 3 is 2.76 bits per heavy atom. The third-order valence-electron chi connectivity index (χ3n) is 3.09. The number of nitro groups is 1. The van der Waals surface area contributed by atoms with Gasteiger partial charge in [0.05, 0.1) is 11.0 Å². The van der Waals surface area contributed by atoms with Crippen molar-refractivity contribution in [3.05, 3.63) is 16.4 Å². The second kappa shape index (κ2) is 6.13. The van der Waals surface area contributed by atoms with Gasteiger partial charge in [-0.05, 0) is 6.42 Å². The average molecular weight is 301 g/mol. The van der Waals surface area contributed by atoms with Gasteiger partial charge in [0.25, 0.3) is 0 Å². The Bertz CT molecular complexity index is 529. The highest BCUT2D eigenvalue weighted by Crippen LogP contribution is 2.30. The maximum atomic E-state index is 10.9. The van der Waals surface area contributed by atoms with Crippen LogP contribution < -0.4 is 11.1 Å². The van der Waals surface area contributed by atoms with Crippen LogP contribution in [0.3, 0.4) is 0 Å². The Hall–Kier alpha value is -2.08. The van der Waals surface area contributed by atoms with E-state index in [2.05, 4.69) is 15.3 Å². The summed E-state index contributed by atoms with van der Waals surface area (Å²) in [6, 6.07) is 0. The average Bonchev–Trinajstić information content (AvgIpc) is 2.67. The summed E-state index contributed by atoms with van der Waals surface area (Å²) in [5, 5.41) is 41.9. The molecule has 0 spiro atoms. The zero-order valence-corrected chi connectivity index (χ0v) is 10.8. The first kappa shape index (κ1) is 15.3. The predicted octanol–water partition coefficient (Wildman–Crippen LogP) is -1.79. The standard InChI is InChI=1S/C10H15N5O6/c11-8-5(15(19)20)9(13-3-12-8)14-10-7(18)6(17)4(21-10)1-2-16/h3-4,6-7,10,16-18H,1-2H2,(H3,11,12,13,14)/t4-,6-,7-,10-/m1/s1. The van der Waals surface area contributed by atoms with E-state index in [-0.39, 0.29) is 24.7 Å². The van der Waals surface area contributed by atoms with E-state index in [0.717, 1.165) is 6.33 Å². The van der Waals surface area contributed by atoms with Gasteiger partial charge in [-0.3, -0.25) is 10.1 Å². The number of nitrogen functional groups attached to an aromatic ring is 1. The van der Waals surface area contributed by atoms with Gasteiger partial charge in [-0.2, -0.15) is 0 Å². The molecule has 4 atom stereocenters. The summed E-state index contributed by atoms with van der Waals surface area (Å²) in [4.78, 5) is 17.4. The highest BCUT2D eigenvalue weighted by atomic mass is 16.6.